The second-order valence-corrected chi connectivity index (χ2v) is 6.31. The molecule has 0 unspecified atom stereocenters. The molecule has 1 aromatic heterocycles. The quantitative estimate of drug-likeness (QED) is 0.534. The first-order valence-electron chi connectivity index (χ1n) is 8.70. The number of nitrogens with one attached hydrogen (secondary N) is 1. The molecule has 0 aliphatic carbocycles. The van der Waals surface area contributed by atoms with E-state index in [1.54, 1.807) is 13.0 Å². The zero-order valence-electron chi connectivity index (χ0n) is 16.2. The van der Waals surface area contributed by atoms with E-state index in [0.29, 0.717) is 11.4 Å². The van der Waals surface area contributed by atoms with E-state index in [9.17, 15) is 9.18 Å². The summed E-state index contributed by atoms with van der Waals surface area (Å²) in [5, 5.41) is 10.7. The van der Waals surface area contributed by atoms with Gasteiger partial charge in [0.2, 0.25) is 5.95 Å². The van der Waals surface area contributed by atoms with Crippen molar-refractivity contribution in [1.29, 1.82) is 0 Å². The molecule has 1 N–H and O–H groups in total. The molecule has 0 saturated heterocycles. The molecule has 0 fully saturated rings. The van der Waals surface area contributed by atoms with Crippen LogP contribution in [0.15, 0.2) is 53.7 Å². The van der Waals surface area contributed by atoms with Crippen LogP contribution in [-0.4, -0.2) is 28.5 Å². The van der Waals surface area contributed by atoms with Crippen molar-refractivity contribution >= 4 is 17.3 Å². The molecule has 1 amide bonds. The minimum atomic E-state index is -0.666. The molecule has 1 heterocycles. The van der Waals surface area contributed by atoms with Crippen molar-refractivity contribution in [2.24, 2.45) is 12.2 Å². The number of halogens is 1. The van der Waals surface area contributed by atoms with E-state index < -0.39 is 11.9 Å². The number of amides is 1. The molecule has 3 aromatic rings. The smallest absolute Gasteiger partial charge is 0.262 e. The van der Waals surface area contributed by atoms with Gasteiger partial charge in [-0.3, -0.25) is 4.79 Å². The number of aryl methyl sites for hydroxylation is 2. The number of carbonyl (C=O) groups is 1. The molecule has 28 heavy (non-hydrogen) atoms. The third kappa shape index (κ3) is 3.78. The predicted molar refractivity (Wildman–Crippen MR) is 107 cm³/mol. The SMILES string of the molecule is CO/N=C(\C)c1cccc(-c2ccccc2NC(=O)c2c(C)nn(C)c2F)c1. The van der Waals surface area contributed by atoms with E-state index in [2.05, 4.69) is 15.6 Å². The molecule has 0 atom stereocenters. The fourth-order valence-corrected chi connectivity index (χ4v) is 3.02. The van der Waals surface area contributed by atoms with Gasteiger partial charge in [-0.1, -0.05) is 41.6 Å². The van der Waals surface area contributed by atoms with Gasteiger partial charge in [-0.25, -0.2) is 4.68 Å². The van der Waals surface area contributed by atoms with Gasteiger partial charge in [0.1, 0.15) is 12.7 Å². The Morgan fingerprint density at radius 1 is 1.21 bits per heavy atom. The van der Waals surface area contributed by atoms with Gasteiger partial charge in [-0.05, 0) is 37.1 Å². The lowest BCUT2D eigenvalue weighted by atomic mass is 9.99. The average Bonchev–Trinajstić information content (AvgIpc) is 2.94. The Balaban J connectivity index is 1.97. The summed E-state index contributed by atoms with van der Waals surface area (Å²) in [5.74, 6) is -1.20. The molecule has 0 aliphatic heterocycles. The molecular weight excluding hydrogens is 359 g/mol. The monoisotopic (exact) mass is 380 g/mol. The highest BCUT2D eigenvalue weighted by molar-refractivity contribution is 6.07. The number of nitrogens with zero attached hydrogens (tertiary/aromatic N) is 3. The summed E-state index contributed by atoms with van der Waals surface area (Å²) in [6.07, 6.45) is 0. The number of para-hydroxylation sites is 1. The number of anilines is 1. The minimum Gasteiger partial charge on any atom is -0.399 e. The first kappa shape index (κ1) is 19.3. The lowest BCUT2D eigenvalue weighted by Gasteiger charge is -2.12. The normalized spacial score (nSPS) is 11.4. The van der Waals surface area contributed by atoms with Crippen LogP contribution in [0.1, 0.15) is 28.5 Å². The highest BCUT2D eigenvalue weighted by Gasteiger charge is 2.21. The van der Waals surface area contributed by atoms with Gasteiger partial charge < -0.3 is 10.2 Å². The third-order valence-corrected chi connectivity index (χ3v) is 4.37. The van der Waals surface area contributed by atoms with Crippen molar-refractivity contribution in [3.63, 3.8) is 0 Å². The van der Waals surface area contributed by atoms with Crippen LogP contribution in [0.25, 0.3) is 11.1 Å². The number of rotatable bonds is 5. The summed E-state index contributed by atoms with van der Waals surface area (Å²) in [4.78, 5) is 17.5. The number of hydrogen-bond donors (Lipinski definition) is 1. The van der Waals surface area contributed by atoms with Crippen LogP contribution < -0.4 is 5.32 Å². The molecule has 3 rings (SSSR count). The molecule has 0 aliphatic rings. The van der Waals surface area contributed by atoms with Gasteiger partial charge in [-0.2, -0.15) is 9.49 Å². The van der Waals surface area contributed by atoms with Crippen LogP contribution in [0.3, 0.4) is 0 Å². The number of aromatic nitrogens is 2. The lowest BCUT2D eigenvalue weighted by Crippen LogP contribution is -2.15. The van der Waals surface area contributed by atoms with E-state index in [1.807, 2.05) is 49.4 Å². The van der Waals surface area contributed by atoms with Gasteiger partial charge in [0.05, 0.1) is 11.4 Å². The van der Waals surface area contributed by atoms with Crippen LogP contribution in [0.2, 0.25) is 0 Å². The maximum atomic E-state index is 14.2. The Kier molecular flexibility index (Phi) is 5.54. The second-order valence-electron chi connectivity index (χ2n) is 6.31. The molecule has 6 nitrogen and oxygen atoms in total. The topological polar surface area (TPSA) is 68.5 Å². The van der Waals surface area contributed by atoms with Crippen LogP contribution in [0.5, 0.6) is 0 Å². The second kappa shape index (κ2) is 8.04. The summed E-state index contributed by atoms with van der Waals surface area (Å²) in [7, 11) is 2.96. The predicted octanol–water partition coefficient (Wildman–Crippen LogP) is 4.16. The zero-order chi connectivity index (χ0) is 20.3. The van der Waals surface area contributed by atoms with Crippen molar-refractivity contribution in [2.75, 3.05) is 12.4 Å². The van der Waals surface area contributed by atoms with Crippen molar-refractivity contribution in [2.45, 2.75) is 13.8 Å². The summed E-state index contributed by atoms with van der Waals surface area (Å²) in [6, 6.07) is 15.1. The molecule has 0 radical (unpaired) electrons. The summed E-state index contributed by atoms with van der Waals surface area (Å²) < 4.78 is 15.3. The average molecular weight is 380 g/mol. The highest BCUT2D eigenvalue weighted by Crippen LogP contribution is 2.29. The largest absolute Gasteiger partial charge is 0.399 e. The molecular formula is C21H21FN4O2. The van der Waals surface area contributed by atoms with Crippen LogP contribution in [0.4, 0.5) is 10.1 Å². The fourth-order valence-electron chi connectivity index (χ4n) is 3.02. The Hall–Kier alpha value is -3.48. The Bertz CT molecular complexity index is 1060. The van der Waals surface area contributed by atoms with Crippen LogP contribution in [-0.2, 0) is 11.9 Å². The van der Waals surface area contributed by atoms with E-state index in [0.717, 1.165) is 27.1 Å². The minimum absolute atomic E-state index is 0.0610. The number of carbonyl (C=O) groups excluding carboxylic acids is 1. The molecule has 0 spiro atoms. The van der Waals surface area contributed by atoms with Crippen molar-refractivity contribution in [1.82, 2.24) is 9.78 Å². The van der Waals surface area contributed by atoms with E-state index >= 15 is 0 Å². The van der Waals surface area contributed by atoms with E-state index in [-0.39, 0.29) is 5.56 Å². The van der Waals surface area contributed by atoms with Crippen molar-refractivity contribution in [3.8, 4) is 11.1 Å². The summed E-state index contributed by atoms with van der Waals surface area (Å²) >= 11 is 0. The third-order valence-electron chi connectivity index (χ3n) is 4.37. The standard InChI is InChI=1S/C21H21FN4O2/c1-13(25-28-4)15-8-7-9-16(12-15)17-10-5-6-11-18(17)23-21(27)19-14(2)24-26(3)20(19)22/h5-12H,1-4H3,(H,23,27)/b25-13+. The lowest BCUT2D eigenvalue weighted by molar-refractivity contribution is 0.102. The van der Waals surface area contributed by atoms with E-state index in [1.165, 1.54) is 14.2 Å². The molecule has 144 valence electrons. The summed E-state index contributed by atoms with van der Waals surface area (Å²) in [6.45, 7) is 3.45. The maximum Gasteiger partial charge on any atom is 0.262 e. The summed E-state index contributed by atoms with van der Waals surface area (Å²) in [5.41, 5.74) is 4.19. The van der Waals surface area contributed by atoms with E-state index in [4.69, 9.17) is 4.84 Å². The van der Waals surface area contributed by atoms with Crippen molar-refractivity contribution < 1.29 is 14.0 Å². The van der Waals surface area contributed by atoms with Gasteiger partial charge in [0.15, 0.2) is 0 Å². The molecule has 0 bridgehead atoms. The van der Waals surface area contributed by atoms with Gasteiger partial charge >= 0.3 is 0 Å². The van der Waals surface area contributed by atoms with Crippen LogP contribution >= 0.6 is 0 Å². The highest BCUT2D eigenvalue weighted by atomic mass is 19.1. The molecule has 2 aromatic carbocycles. The molecule has 7 heteroatoms. The number of hydrogen-bond acceptors (Lipinski definition) is 4. The van der Waals surface area contributed by atoms with Crippen LogP contribution in [0, 0.1) is 12.9 Å². The Labute approximate surface area is 162 Å². The van der Waals surface area contributed by atoms with Gasteiger partial charge in [0.25, 0.3) is 5.91 Å². The Morgan fingerprint density at radius 2 is 1.96 bits per heavy atom. The number of oxime groups is 1. The van der Waals surface area contributed by atoms with Crippen molar-refractivity contribution in [3.05, 3.63) is 71.3 Å². The fraction of sp³-hybridized carbons (Fsp3) is 0.190. The maximum absolute atomic E-state index is 14.2. The van der Waals surface area contributed by atoms with Gasteiger partial charge in [-0.15, -0.1) is 0 Å². The Morgan fingerprint density at radius 3 is 2.64 bits per heavy atom. The first-order chi connectivity index (χ1) is 13.4. The zero-order valence-corrected chi connectivity index (χ0v) is 16.2. The number of benzene rings is 2. The first-order valence-corrected chi connectivity index (χ1v) is 8.70. The van der Waals surface area contributed by atoms with Gasteiger partial charge in [0, 0.05) is 18.3 Å². The molecule has 0 saturated carbocycles.